The average molecular weight is 299 g/mol. The van der Waals surface area contributed by atoms with Crippen LogP contribution in [0.5, 0.6) is 0 Å². The van der Waals surface area contributed by atoms with Crippen LogP contribution in [0.15, 0.2) is 41.8 Å². The first-order valence-corrected chi connectivity index (χ1v) is 7.24. The molecule has 0 bridgehead atoms. The van der Waals surface area contributed by atoms with Crippen molar-refractivity contribution in [1.29, 1.82) is 0 Å². The molecule has 2 rings (SSSR count). The lowest BCUT2D eigenvalue weighted by Gasteiger charge is -1.99. The van der Waals surface area contributed by atoms with Gasteiger partial charge in [0.15, 0.2) is 0 Å². The van der Waals surface area contributed by atoms with E-state index in [1.165, 1.54) is 12.1 Å². The predicted octanol–water partition coefficient (Wildman–Crippen LogP) is 1.22. The van der Waals surface area contributed by atoms with Gasteiger partial charge in [-0.25, -0.2) is 0 Å². The van der Waals surface area contributed by atoms with Gasteiger partial charge in [-0.15, -0.1) is 6.58 Å². The lowest BCUT2D eigenvalue weighted by molar-refractivity contribution is -0.139. The van der Waals surface area contributed by atoms with E-state index in [4.69, 9.17) is 15.4 Å². The number of carboxylic acid groups (broad SMARTS) is 1. The average Bonchev–Trinajstić information content (AvgIpc) is 3.02. The Hall–Kier alpha value is -1.70. The number of aryl methyl sites for hydroxylation is 1. The molecule has 2 atom stereocenters. The predicted molar refractivity (Wildman–Crippen MR) is 73.9 cm³/mol. The highest BCUT2D eigenvalue weighted by atomic mass is 32.2. The van der Waals surface area contributed by atoms with Gasteiger partial charge in [-0.3, -0.25) is 9.35 Å². The van der Waals surface area contributed by atoms with E-state index in [1.54, 1.807) is 18.2 Å². The van der Waals surface area contributed by atoms with E-state index in [-0.39, 0.29) is 10.8 Å². The zero-order valence-corrected chi connectivity index (χ0v) is 11.8. The molecule has 0 aliphatic heterocycles. The maximum Gasteiger partial charge on any atom is 0.324 e. The minimum atomic E-state index is -4.02. The van der Waals surface area contributed by atoms with Crippen molar-refractivity contribution in [3.8, 4) is 0 Å². The Kier molecular flexibility index (Phi) is 4.69. The van der Waals surface area contributed by atoms with Gasteiger partial charge in [0.05, 0.1) is 4.90 Å². The van der Waals surface area contributed by atoms with Crippen molar-refractivity contribution in [2.75, 3.05) is 0 Å². The third kappa shape index (κ3) is 3.89. The topological polar surface area (TPSA) is 118 Å². The van der Waals surface area contributed by atoms with Crippen molar-refractivity contribution in [2.45, 2.75) is 23.8 Å². The highest BCUT2D eigenvalue weighted by Crippen LogP contribution is 2.41. The van der Waals surface area contributed by atoms with Gasteiger partial charge in [0.25, 0.3) is 10.1 Å². The van der Waals surface area contributed by atoms with Crippen molar-refractivity contribution in [2.24, 2.45) is 11.7 Å². The summed E-state index contributed by atoms with van der Waals surface area (Å²) < 4.78 is 29.6. The first-order valence-electron chi connectivity index (χ1n) is 5.80. The molecule has 0 saturated heterocycles. The van der Waals surface area contributed by atoms with Crippen LogP contribution in [0, 0.1) is 12.8 Å². The molecule has 0 radical (unpaired) electrons. The number of benzene rings is 1. The van der Waals surface area contributed by atoms with Gasteiger partial charge in [0.2, 0.25) is 0 Å². The zero-order valence-electron chi connectivity index (χ0n) is 11.0. The number of carbonyl (C=O) groups is 1. The molecule has 6 nitrogen and oxygen atoms in total. The Balaban J connectivity index is 0.000000204. The van der Waals surface area contributed by atoms with Crippen LogP contribution in [0.25, 0.3) is 0 Å². The Morgan fingerprint density at radius 3 is 2.20 bits per heavy atom. The number of hydrogen-bond donors (Lipinski definition) is 3. The molecule has 0 amide bonds. The van der Waals surface area contributed by atoms with E-state index < -0.39 is 21.6 Å². The molecule has 1 aliphatic carbocycles. The zero-order chi connectivity index (χ0) is 15.6. The molecule has 1 fully saturated rings. The summed E-state index contributed by atoms with van der Waals surface area (Å²) in [4.78, 5) is 10.2. The second-order valence-corrected chi connectivity index (χ2v) is 6.10. The van der Waals surface area contributed by atoms with Gasteiger partial charge in [-0.05, 0) is 25.5 Å². The molecule has 4 N–H and O–H groups in total. The maximum absolute atomic E-state index is 10.5. The molecule has 0 unspecified atom stereocenters. The molecule has 0 spiro atoms. The minimum absolute atomic E-state index is 0.0185. The summed E-state index contributed by atoms with van der Waals surface area (Å²) in [6, 6.07) is 5.99. The van der Waals surface area contributed by atoms with E-state index in [9.17, 15) is 13.2 Å². The molecule has 1 aromatic rings. The van der Waals surface area contributed by atoms with E-state index in [2.05, 4.69) is 6.58 Å². The minimum Gasteiger partial charge on any atom is -0.480 e. The maximum atomic E-state index is 10.5. The summed E-state index contributed by atoms with van der Waals surface area (Å²) in [5.41, 5.74) is 5.34. The summed E-state index contributed by atoms with van der Waals surface area (Å²) in [7, 11) is -4.02. The highest BCUT2D eigenvalue weighted by Gasteiger charge is 2.55. The first kappa shape index (κ1) is 16.4. The van der Waals surface area contributed by atoms with Crippen LogP contribution >= 0.6 is 0 Å². The Morgan fingerprint density at radius 2 is 1.95 bits per heavy atom. The van der Waals surface area contributed by atoms with Crippen molar-refractivity contribution in [1.82, 2.24) is 0 Å². The van der Waals surface area contributed by atoms with Crippen molar-refractivity contribution < 1.29 is 22.9 Å². The highest BCUT2D eigenvalue weighted by molar-refractivity contribution is 7.85. The van der Waals surface area contributed by atoms with Crippen LogP contribution in [0.2, 0.25) is 0 Å². The molecule has 20 heavy (non-hydrogen) atoms. The van der Waals surface area contributed by atoms with Gasteiger partial charge in [0.1, 0.15) is 5.54 Å². The van der Waals surface area contributed by atoms with Crippen LogP contribution < -0.4 is 5.73 Å². The number of carboxylic acids is 1. The molecule has 1 saturated carbocycles. The molecule has 1 aromatic carbocycles. The number of rotatable bonds is 3. The number of nitrogens with two attached hydrogens (primary N) is 1. The molecular formula is C13H17NO5S. The van der Waals surface area contributed by atoms with Crippen molar-refractivity contribution in [3.05, 3.63) is 42.5 Å². The third-order valence-corrected chi connectivity index (χ3v) is 3.93. The van der Waals surface area contributed by atoms with Gasteiger partial charge in [-0.2, -0.15) is 8.42 Å². The lowest BCUT2D eigenvalue weighted by Crippen LogP contribution is -2.34. The standard InChI is InChI=1S/C7H8O3S.C6H9NO2/c1-6-2-4-7(5-3-6)11(8,9)10;1-2-4-3-6(4,7)5(8)9/h2-5H,1H3,(H,8,9,10);2,4H,1,3,7H2,(H,8,9)/t;4-,6-/m.1/s1. The van der Waals surface area contributed by atoms with Gasteiger partial charge in [0, 0.05) is 5.92 Å². The van der Waals surface area contributed by atoms with Crippen molar-refractivity contribution >= 4 is 16.1 Å². The molecule has 110 valence electrons. The fraction of sp³-hybridized carbons (Fsp3) is 0.308. The molecule has 0 aromatic heterocycles. The van der Waals surface area contributed by atoms with Gasteiger partial charge in [-0.1, -0.05) is 23.8 Å². The first-order chi connectivity index (χ1) is 9.11. The van der Waals surface area contributed by atoms with Crippen LogP contribution in [0.3, 0.4) is 0 Å². The number of hydrogen-bond acceptors (Lipinski definition) is 4. The second kappa shape index (κ2) is 5.74. The van der Waals surface area contributed by atoms with E-state index in [0.717, 1.165) is 5.56 Å². The lowest BCUT2D eigenvalue weighted by atomic mass is 10.2. The number of aliphatic carboxylic acids is 1. The molecule has 0 heterocycles. The summed E-state index contributed by atoms with van der Waals surface area (Å²) in [5, 5.41) is 8.44. The fourth-order valence-corrected chi connectivity index (χ4v) is 2.03. The van der Waals surface area contributed by atoms with E-state index in [0.29, 0.717) is 6.42 Å². The smallest absolute Gasteiger partial charge is 0.324 e. The third-order valence-electron chi connectivity index (χ3n) is 3.06. The van der Waals surface area contributed by atoms with Crippen LogP contribution in [0.4, 0.5) is 0 Å². The molecular weight excluding hydrogens is 282 g/mol. The van der Waals surface area contributed by atoms with Crippen LogP contribution in [-0.2, 0) is 14.9 Å². The summed E-state index contributed by atoms with van der Waals surface area (Å²) in [6.45, 7) is 5.30. The summed E-state index contributed by atoms with van der Waals surface area (Å²) in [6.07, 6.45) is 2.12. The molecule has 1 aliphatic rings. The normalized spacial score (nSPS) is 24.2. The SMILES string of the molecule is C=C[C@@H]1C[C@]1(N)C(=O)O.Cc1ccc(S(=O)(=O)O)cc1. The van der Waals surface area contributed by atoms with Gasteiger partial charge >= 0.3 is 5.97 Å². The fourth-order valence-electron chi connectivity index (χ4n) is 1.55. The largest absolute Gasteiger partial charge is 0.480 e. The Morgan fingerprint density at radius 1 is 1.45 bits per heavy atom. The van der Waals surface area contributed by atoms with Crippen LogP contribution in [-0.4, -0.2) is 29.6 Å². The monoisotopic (exact) mass is 299 g/mol. The second-order valence-electron chi connectivity index (χ2n) is 4.68. The summed E-state index contributed by atoms with van der Waals surface area (Å²) in [5.74, 6) is -0.942. The van der Waals surface area contributed by atoms with Gasteiger partial charge < -0.3 is 10.8 Å². The van der Waals surface area contributed by atoms with E-state index in [1.807, 2.05) is 6.92 Å². The van der Waals surface area contributed by atoms with Crippen molar-refractivity contribution in [3.63, 3.8) is 0 Å². The van der Waals surface area contributed by atoms with E-state index >= 15 is 0 Å². The Bertz CT molecular complexity index is 608. The summed E-state index contributed by atoms with van der Waals surface area (Å²) >= 11 is 0. The van der Waals surface area contributed by atoms with Crippen LogP contribution in [0.1, 0.15) is 12.0 Å². The molecule has 7 heteroatoms. The quantitative estimate of drug-likeness (QED) is 0.570. The Labute approximate surface area is 117 Å².